The van der Waals surface area contributed by atoms with Crippen LogP contribution < -0.4 is 5.32 Å². The molecule has 4 nitrogen and oxygen atoms in total. The molecule has 1 saturated heterocycles. The normalized spacial score (nSPS) is 31.2. The number of carboxylic acids is 1. The number of aliphatic carboxylic acids is 1. The molecule has 0 bridgehead atoms. The third-order valence-corrected chi connectivity index (χ3v) is 3.14. The second-order valence-electron chi connectivity index (χ2n) is 3.85. The Balaban J connectivity index is 2.28. The molecule has 0 saturated carbocycles. The van der Waals surface area contributed by atoms with Crippen LogP contribution in [-0.4, -0.2) is 30.8 Å². The molecule has 2 aliphatic rings. The van der Waals surface area contributed by atoms with Gasteiger partial charge in [0, 0.05) is 25.3 Å². The number of fused-ring (bicyclic) bond motifs is 1. The fraction of sp³-hybridized carbons (Fsp3) is 0.700. The van der Waals surface area contributed by atoms with E-state index >= 15 is 0 Å². The Hall–Kier alpha value is -1.03. The second kappa shape index (κ2) is 3.61. The molecule has 78 valence electrons. The van der Waals surface area contributed by atoms with Crippen LogP contribution in [0, 0.1) is 5.92 Å². The monoisotopic (exact) mass is 197 g/mol. The van der Waals surface area contributed by atoms with Crippen LogP contribution in [0.25, 0.3) is 0 Å². The SMILES string of the molecule is COC1CNC2=C(C(=O)O)CCCC21. The second-order valence-corrected chi connectivity index (χ2v) is 3.85. The molecular weight excluding hydrogens is 182 g/mol. The van der Waals surface area contributed by atoms with Crippen LogP contribution in [0.2, 0.25) is 0 Å². The number of carboxylic acid groups (broad SMARTS) is 1. The van der Waals surface area contributed by atoms with Gasteiger partial charge in [-0.05, 0) is 19.3 Å². The number of nitrogens with one attached hydrogen (secondary N) is 1. The summed E-state index contributed by atoms with van der Waals surface area (Å²) in [6.45, 7) is 0.743. The summed E-state index contributed by atoms with van der Waals surface area (Å²) in [7, 11) is 1.68. The van der Waals surface area contributed by atoms with Crippen molar-refractivity contribution in [2.75, 3.05) is 13.7 Å². The summed E-state index contributed by atoms with van der Waals surface area (Å²) in [6.07, 6.45) is 2.83. The predicted molar refractivity (Wildman–Crippen MR) is 50.8 cm³/mol. The molecule has 0 aromatic carbocycles. The highest BCUT2D eigenvalue weighted by atomic mass is 16.5. The van der Waals surface area contributed by atoms with E-state index in [0.29, 0.717) is 12.0 Å². The van der Waals surface area contributed by atoms with E-state index in [9.17, 15) is 4.79 Å². The summed E-state index contributed by atoms with van der Waals surface area (Å²) < 4.78 is 5.32. The number of carbonyl (C=O) groups is 1. The molecule has 1 heterocycles. The van der Waals surface area contributed by atoms with Crippen molar-refractivity contribution in [3.63, 3.8) is 0 Å². The summed E-state index contributed by atoms with van der Waals surface area (Å²) in [4.78, 5) is 11.0. The van der Waals surface area contributed by atoms with E-state index in [4.69, 9.17) is 9.84 Å². The van der Waals surface area contributed by atoms with Gasteiger partial charge in [0.15, 0.2) is 0 Å². The zero-order chi connectivity index (χ0) is 10.1. The van der Waals surface area contributed by atoms with Gasteiger partial charge in [-0.3, -0.25) is 0 Å². The minimum Gasteiger partial charge on any atom is -0.478 e. The lowest BCUT2D eigenvalue weighted by molar-refractivity contribution is -0.133. The summed E-state index contributed by atoms with van der Waals surface area (Å²) in [5, 5.41) is 12.2. The molecule has 14 heavy (non-hydrogen) atoms. The summed E-state index contributed by atoms with van der Waals surface area (Å²) in [5.74, 6) is -0.506. The van der Waals surface area contributed by atoms with Gasteiger partial charge in [0.05, 0.1) is 11.7 Å². The first kappa shape index (κ1) is 9.52. The van der Waals surface area contributed by atoms with Crippen LogP contribution in [0.5, 0.6) is 0 Å². The molecule has 2 rings (SSSR count). The maximum absolute atomic E-state index is 11.0. The van der Waals surface area contributed by atoms with E-state index in [1.807, 2.05) is 0 Å². The molecular formula is C10H15NO3. The van der Waals surface area contributed by atoms with Crippen LogP contribution >= 0.6 is 0 Å². The number of hydrogen-bond donors (Lipinski definition) is 2. The fourth-order valence-electron chi connectivity index (χ4n) is 2.43. The van der Waals surface area contributed by atoms with E-state index in [2.05, 4.69) is 5.32 Å². The van der Waals surface area contributed by atoms with Crippen molar-refractivity contribution in [2.45, 2.75) is 25.4 Å². The van der Waals surface area contributed by atoms with Gasteiger partial charge in [-0.15, -0.1) is 0 Å². The van der Waals surface area contributed by atoms with Gasteiger partial charge < -0.3 is 15.2 Å². The zero-order valence-corrected chi connectivity index (χ0v) is 8.25. The Morgan fingerprint density at radius 3 is 3.07 bits per heavy atom. The lowest BCUT2D eigenvalue weighted by Gasteiger charge is -2.23. The van der Waals surface area contributed by atoms with Gasteiger partial charge in [-0.25, -0.2) is 4.79 Å². The topological polar surface area (TPSA) is 58.6 Å². The highest BCUT2D eigenvalue weighted by Crippen LogP contribution is 2.35. The van der Waals surface area contributed by atoms with Crippen molar-refractivity contribution in [3.8, 4) is 0 Å². The van der Waals surface area contributed by atoms with Crippen molar-refractivity contribution in [1.29, 1.82) is 0 Å². The standard InChI is InChI=1S/C10H15NO3/c1-14-8-5-11-9-6(8)3-2-4-7(9)10(12)13/h6,8,11H,2-5H2,1H3,(H,12,13). The minimum absolute atomic E-state index is 0.152. The molecule has 0 aromatic heterocycles. The number of ether oxygens (including phenoxy) is 1. The van der Waals surface area contributed by atoms with Crippen LogP contribution in [0.3, 0.4) is 0 Å². The van der Waals surface area contributed by atoms with Gasteiger partial charge in [0.1, 0.15) is 0 Å². The number of rotatable bonds is 2. The summed E-state index contributed by atoms with van der Waals surface area (Å²) >= 11 is 0. The van der Waals surface area contributed by atoms with E-state index in [-0.39, 0.29) is 12.0 Å². The molecule has 1 aliphatic carbocycles. The van der Waals surface area contributed by atoms with Crippen molar-refractivity contribution in [2.24, 2.45) is 5.92 Å². The average Bonchev–Trinajstić information content (AvgIpc) is 2.59. The van der Waals surface area contributed by atoms with Crippen molar-refractivity contribution < 1.29 is 14.6 Å². The van der Waals surface area contributed by atoms with E-state index in [0.717, 1.165) is 25.1 Å². The quantitative estimate of drug-likeness (QED) is 0.685. The third kappa shape index (κ3) is 1.39. The van der Waals surface area contributed by atoms with Gasteiger partial charge in [0.25, 0.3) is 0 Å². The van der Waals surface area contributed by atoms with E-state index < -0.39 is 5.97 Å². The van der Waals surface area contributed by atoms with Gasteiger partial charge in [-0.2, -0.15) is 0 Å². The molecule has 0 aromatic rings. The Labute approximate surface area is 82.9 Å². The zero-order valence-electron chi connectivity index (χ0n) is 8.25. The molecule has 0 radical (unpaired) electrons. The lowest BCUT2D eigenvalue weighted by atomic mass is 9.86. The van der Waals surface area contributed by atoms with Crippen molar-refractivity contribution in [3.05, 3.63) is 11.3 Å². The summed E-state index contributed by atoms with van der Waals surface area (Å²) in [6, 6.07) is 0. The van der Waals surface area contributed by atoms with Crippen LogP contribution in [0.1, 0.15) is 19.3 Å². The molecule has 0 spiro atoms. The lowest BCUT2D eigenvalue weighted by Crippen LogP contribution is -2.23. The summed E-state index contributed by atoms with van der Waals surface area (Å²) in [5.41, 5.74) is 1.47. The third-order valence-electron chi connectivity index (χ3n) is 3.14. The fourth-order valence-corrected chi connectivity index (χ4v) is 2.43. The Kier molecular flexibility index (Phi) is 2.46. The predicted octanol–water partition coefficient (Wildman–Crippen LogP) is 0.743. The number of methoxy groups -OCH3 is 1. The number of hydrogen-bond acceptors (Lipinski definition) is 3. The Morgan fingerprint density at radius 2 is 2.43 bits per heavy atom. The van der Waals surface area contributed by atoms with Crippen LogP contribution in [-0.2, 0) is 9.53 Å². The molecule has 4 heteroatoms. The first-order chi connectivity index (χ1) is 6.74. The molecule has 2 unspecified atom stereocenters. The first-order valence-corrected chi connectivity index (χ1v) is 4.97. The van der Waals surface area contributed by atoms with E-state index in [1.165, 1.54) is 0 Å². The van der Waals surface area contributed by atoms with E-state index in [1.54, 1.807) is 7.11 Å². The maximum atomic E-state index is 11.0. The first-order valence-electron chi connectivity index (χ1n) is 4.97. The largest absolute Gasteiger partial charge is 0.478 e. The molecule has 1 aliphatic heterocycles. The highest BCUT2D eigenvalue weighted by molar-refractivity contribution is 5.87. The average molecular weight is 197 g/mol. The Morgan fingerprint density at radius 1 is 1.64 bits per heavy atom. The van der Waals surface area contributed by atoms with Crippen LogP contribution in [0.15, 0.2) is 11.3 Å². The Bertz CT molecular complexity index is 285. The van der Waals surface area contributed by atoms with Crippen molar-refractivity contribution >= 4 is 5.97 Å². The van der Waals surface area contributed by atoms with Gasteiger partial charge in [-0.1, -0.05) is 0 Å². The smallest absolute Gasteiger partial charge is 0.333 e. The maximum Gasteiger partial charge on any atom is 0.333 e. The van der Waals surface area contributed by atoms with Crippen LogP contribution in [0.4, 0.5) is 0 Å². The molecule has 2 N–H and O–H groups in total. The molecule has 2 atom stereocenters. The van der Waals surface area contributed by atoms with Gasteiger partial charge >= 0.3 is 5.97 Å². The minimum atomic E-state index is -0.783. The molecule has 0 amide bonds. The molecule has 1 fully saturated rings. The highest BCUT2D eigenvalue weighted by Gasteiger charge is 2.37. The van der Waals surface area contributed by atoms with Gasteiger partial charge in [0.2, 0.25) is 0 Å². The van der Waals surface area contributed by atoms with Crippen molar-refractivity contribution in [1.82, 2.24) is 5.32 Å².